The maximum atomic E-state index is 4.34. The van der Waals surface area contributed by atoms with Gasteiger partial charge in [-0.15, -0.1) is 11.3 Å². The molecule has 0 saturated heterocycles. The number of benzene rings is 1. The SMILES string of the molecule is CCN(CC)Cc1ccc(CNC(C)c2nccs2)cc1. The zero-order valence-corrected chi connectivity index (χ0v) is 14.0. The Morgan fingerprint density at radius 3 is 2.38 bits per heavy atom. The Morgan fingerprint density at radius 1 is 1.14 bits per heavy atom. The molecule has 1 aromatic heterocycles. The van der Waals surface area contributed by atoms with E-state index in [0.717, 1.165) is 31.2 Å². The highest BCUT2D eigenvalue weighted by Crippen LogP contribution is 2.15. The van der Waals surface area contributed by atoms with Gasteiger partial charge in [0.25, 0.3) is 0 Å². The third-order valence-electron chi connectivity index (χ3n) is 3.76. The molecule has 0 saturated carbocycles. The maximum Gasteiger partial charge on any atom is 0.109 e. The van der Waals surface area contributed by atoms with Crippen molar-refractivity contribution in [3.8, 4) is 0 Å². The Balaban J connectivity index is 1.85. The van der Waals surface area contributed by atoms with E-state index in [1.165, 1.54) is 11.1 Å². The summed E-state index contributed by atoms with van der Waals surface area (Å²) in [5, 5.41) is 6.69. The average molecular weight is 303 g/mol. The van der Waals surface area contributed by atoms with Crippen molar-refractivity contribution in [2.45, 2.75) is 39.9 Å². The predicted octanol–water partition coefficient (Wildman–Crippen LogP) is 3.84. The minimum atomic E-state index is 0.306. The Labute approximate surface area is 132 Å². The van der Waals surface area contributed by atoms with Gasteiger partial charge in [-0.2, -0.15) is 0 Å². The summed E-state index contributed by atoms with van der Waals surface area (Å²) < 4.78 is 0. The molecule has 1 aromatic carbocycles. The number of nitrogens with one attached hydrogen (secondary N) is 1. The zero-order chi connectivity index (χ0) is 15.1. The average Bonchev–Trinajstić information content (AvgIpc) is 3.06. The van der Waals surface area contributed by atoms with Crippen molar-refractivity contribution in [1.29, 1.82) is 0 Å². The lowest BCUT2D eigenvalue weighted by Crippen LogP contribution is -2.22. The van der Waals surface area contributed by atoms with Gasteiger partial charge in [0.15, 0.2) is 0 Å². The number of aromatic nitrogens is 1. The molecular weight excluding hydrogens is 278 g/mol. The highest BCUT2D eigenvalue weighted by Gasteiger charge is 2.07. The summed E-state index contributed by atoms with van der Waals surface area (Å²) in [6.07, 6.45) is 1.86. The highest BCUT2D eigenvalue weighted by molar-refractivity contribution is 7.09. The summed E-state index contributed by atoms with van der Waals surface area (Å²) in [7, 11) is 0. The van der Waals surface area contributed by atoms with Crippen LogP contribution in [0.5, 0.6) is 0 Å². The van der Waals surface area contributed by atoms with Crippen molar-refractivity contribution in [3.63, 3.8) is 0 Å². The molecule has 2 rings (SSSR count). The van der Waals surface area contributed by atoms with E-state index < -0.39 is 0 Å². The molecule has 21 heavy (non-hydrogen) atoms. The largest absolute Gasteiger partial charge is 0.304 e. The first kappa shape index (κ1) is 16.1. The highest BCUT2D eigenvalue weighted by atomic mass is 32.1. The van der Waals surface area contributed by atoms with Crippen LogP contribution in [0.1, 0.15) is 42.9 Å². The Morgan fingerprint density at radius 2 is 1.81 bits per heavy atom. The van der Waals surface area contributed by atoms with Gasteiger partial charge in [-0.05, 0) is 31.1 Å². The fraction of sp³-hybridized carbons (Fsp3) is 0.471. The van der Waals surface area contributed by atoms with Gasteiger partial charge in [-0.1, -0.05) is 38.1 Å². The number of thiazole rings is 1. The summed E-state index contributed by atoms with van der Waals surface area (Å²) in [4.78, 5) is 6.77. The Kier molecular flexibility index (Phi) is 6.36. The molecule has 114 valence electrons. The fourth-order valence-corrected chi connectivity index (χ4v) is 2.94. The van der Waals surface area contributed by atoms with Crippen LogP contribution in [0.3, 0.4) is 0 Å². The van der Waals surface area contributed by atoms with Crippen LogP contribution in [0.2, 0.25) is 0 Å². The minimum Gasteiger partial charge on any atom is -0.304 e. The first-order chi connectivity index (χ1) is 10.2. The summed E-state index contributed by atoms with van der Waals surface area (Å²) in [5.74, 6) is 0. The Bertz CT molecular complexity index is 503. The van der Waals surface area contributed by atoms with E-state index in [4.69, 9.17) is 0 Å². The van der Waals surface area contributed by atoms with E-state index in [-0.39, 0.29) is 0 Å². The van der Waals surface area contributed by atoms with E-state index >= 15 is 0 Å². The van der Waals surface area contributed by atoms with Crippen LogP contribution >= 0.6 is 11.3 Å². The summed E-state index contributed by atoms with van der Waals surface area (Å²) in [6, 6.07) is 9.23. The van der Waals surface area contributed by atoms with Gasteiger partial charge in [0, 0.05) is 24.7 Å². The van der Waals surface area contributed by atoms with E-state index in [2.05, 4.69) is 60.2 Å². The lowest BCUT2D eigenvalue weighted by Gasteiger charge is -2.18. The molecule has 1 N–H and O–H groups in total. The molecule has 0 aliphatic carbocycles. The molecule has 2 aromatic rings. The van der Waals surface area contributed by atoms with Crippen molar-refractivity contribution in [2.24, 2.45) is 0 Å². The van der Waals surface area contributed by atoms with Gasteiger partial charge in [0.2, 0.25) is 0 Å². The van der Waals surface area contributed by atoms with Crippen LogP contribution in [-0.4, -0.2) is 23.0 Å². The standard InChI is InChI=1S/C17H25N3S/c1-4-20(5-2)13-16-8-6-15(7-9-16)12-19-14(3)17-18-10-11-21-17/h6-11,14,19H,4-5,12-13H2,1-3H3. The van der Waals surface area contributed by atoms with Crippen molar-refractivity contribution in [2.75, 3.05) is 13.1 Å². The van der Waals surface area contributed by atoms with Crippen LogP contribution < -0.4 is 5.32 Å². The van der Waals surface area contributed by atoms with Gasteiger partial charge >= 0.3 is 0 Å². The monoisotopic (exact) mass is 303 g/mol. The topological polar surface area (TPSA) is 28.2 Å². The van der Waals surface area contributed by atoms with E-state index in [1.807, 2.05) is 11.6 Å². The third kappa shape index (κ3) is 4.92. The van der Waals surface area contributed by atoms with Crippen LogP contribution in [0.4, 0.5) is 0 Å². The Hall–Kier alpha value is -1.23. The number of nitrogens with zero attached hydrogens (tertiary/aromatic N) is 2. The molecule has 0 aliphatic heterocycles. The molecule has 0 fully saturated rings. The molecule has 0 bridgehead atoms. The van der Waals surface area contributed by atoms with Crippen molar-refractivity contribution < 1.29 is 0 Å². The summed E-state index contributed by atoms with van der Waals surface area (Å²) >= 11 is 1.70. The second-order valence-electron chi connectivity index (χ2n) is 5.25. The first-order valence-electron chi connectivity index (χ1n) is 7.65. The molecule has 3 nitrogen and oxygen atoms in total. The van der Waals surface area contributed by atoms with Crippen LogP contribution in [0, 0.1) is 0 Å². The molecule has 1 unspecified atom stereocenters. The molecular formula is C17H25N3S. The van der Waals surface area contributed by atoms with Crippen LogP contribution in [-0.2, 0) is 13.1 Å². The normalized spacial score (nSPS) is 12.8. The van der Waals surface area contributed by atoms with E-state index in [1.54, 1.807) is 11.3 Å². The summed E-state index contributed by atoms with van der Waals surface area (Å²) in [5.41, 5.74) is 2.71. The molecule has 0 aliphatic rings. The van der Waals surface area contributed by atoms with Gasteiger partial charge < -0.3 is 5.32 Å². The van der Waals surface area contributed by atoms with Crippen LogP contribution in [0.25, 0.3) is 0 Å². The predicted molar refractivity (Wildman–Crippen MR) is 90.4 cm³/mol. The van der Waals surface area contributed by atoms with Crippen LogP contribution in [0.15, 0.2) is 35.8 Å². The van der Waals surface area contributed by atoms with Gasteiger partial charge in [0.1, 0.15) is 5.01 Å². The second kappa shape index (κ2) is 8.27. The minimum absolute atomic E-state index is 0.306. The lowest BCUT2D eigenvalue weighted by molar-refractivity contribution is 0.296. The molecule has 0 spiro atoms. The van der Waals surface area contributed by atoms with E-state index in [0.29, 0.717) is 6.04 Å². The molecule has 0 radical (unpaired) electrons. The quantitative estimate of drug-likeness (QED) is 0.803. The molecule has 4 heteroatoms. The number of hydrogen-bond donors (Lipinski definition) is 1. The zero-order valence-electron chi connectivity index (χ0n) is 13.2. The molecule has 0 amide bonds. The first-order valence-corrected chi connectivity index (χ1v) is 8.53. The van der Waals surface area contributed by atoms with Crippen molar-refractivity contribution in [3.05, 3.63) is 52.0 Å². The van der Waals surface area contributed by atoms with Gasteiger partial charge in [-0.3, -0.25) is 4.90 Å². The summed E-state index contributed by atoms with van der Waals surface area (Å²) in [6.45, 7) is 10.7. The van der Waals surface area contributed by atoms with Gasteiger partial charge in [0.05, 0.1) is 6.04 Å². The van der Waals surface area contributed by atoms with E-state index in [9.17, 15) is 0 Å². The van der Waals surface area contributed by atoms with Crippen molar-refractivity contribution >= 4 is 11.3 Å². The van der Waals surface area contributed by atoms with Crippen molar-refractivity contribution in [1.82, 2.24) is 15.2 Å². The number of rotatable bonds is 8. The third-order valence-corrected chi connectivity index (χ3v) is 4.72. The molecule has 1 heterocycles. The maximum absolute atomic E-state index is 4.34. The fourth-order valence-electron chi connectivity index (χ4n) is 2.27. The second-order valence-corrected chi connectivity index (χ2v) is 6.18. The van der Waals surface area contributed by atoms with Gasteiger partial charge in [-0.25, -0.2) is 4.98 Å². The molecule has 1 atom stereocenters. The lowest BCUT2D eigenvalue weighted by atomic mass is 10.1. The number of hydrogen-bond acceptors (Lipinski definition) is 4. The smallest absolute Gasteiger partial charge is 0.109 e.